The first kappa shape index (κ1) is 12.8. The second-order valence-corrected chi connectivity index (χ2v) is 5.28. The molecule has 1 aliphatic rings. The van der Waals surface area contributed by atoms with E-state index in [9.17, 15) is 8.78 Å². The van der Waals surface area contributed by atoms with Gasteiger partial charge in [-0.15, -0.1) is 0 Å². The standard InChI is InChI=1S/C11H12BClF2O2/c1-11(2)5-16-12(17-6-11)9-7(13)3-4-8(14)10(9)15/h3-4H,5-6H2,1-2H3. The third kappa shape index (κ3) is 2.62. The van der Waals surface area contributed by atoms with E-state index >= 15 is 0 Å². The highest BCUT2D eigenvalue weighted by Crippen LogP contribution is 2.23. The minimum Gasteiger partial charge on any atom is -0.407 e. The SMILES string of the molecule is CC1(C)COB(c2c(Cl)ccc(F)c2F)OC1. The highest BCUT2D eigenvalue weighted by molar-refractivity contribution is 6.65. The van der Waals surface area contributed by atoms with Gasteiger partial charge in [0.15, 0.2) is 11.6 Å². The van der Waals surface area contributed by atoms with Crippen molar-refractivity contribution in [2.45, 2.75) is 13.8 Å². The summed E-state index contributed by atoms with van der Waals surface area (Å²) in [5, 5.41) is 0.105. The van der Waals surface area contributed by atoms with Crippen molar-refractivity contribution in [2.75, 3.05) is 13.2 Å². The molecule has 92 valence electrons. The van der Waals surface area contributed by atoms with Gasteiger partial charge in [0.2, 0.25) is 0 Å². The van der Waals surface area contributed by atoms with Crippen LogP contribution in [-0.4, -0.2) is 20.3 Å². The zero-order chi connectivity index (χ0) is 12.6. The van der Waals surface area contributed by atoms with Crippen LogP contribution in [0.2, 0.25) is 5.02 Å². The summed E-state index contributed by atoms with van der Waals surface area (Å²) in [6, 6.07) is 2.27. The molecule has 0 spiro atoms. The lowest BCUT2D eigenvalue weighted by atomic mass is 9.75. The summed E-state index contributed by atoms with van der Waals surface area (Å²) in [6.45, 7) is 4.74. The maximum Gasteiger partial charge on any atom is 0.498 e. The van der Waals surface area contributed by atoms with Crippen LogP contribution in [0.3, 0.4) is 0 Å². The molecule has 0 atom stereocenters. The van der Waals surface area contributed by atoms with Crippen LogP contribution in [0.5, 0.6) is 0 Å². The number of rotatable bonds is 1. The van der Waals surface area contributed by atoms with Crippen molar-refractivity contribution in [3.05, 3.63) is 28.8 Å². The fourth-order valence-electron chi connectivity index (χ4n) is 1.62. The first-order chi connectivity index (χ1) is 7.91. The molecule has 6 heteroatoms. The molecule has 1 aromatic rings. The van der Waals surface area contributed by atoms with Gasteiger partial charge in [-0.25, -0.2) is 8.78 Å². The summed E-state index contributed by atoms with van der Waals surface area (Å²) in [6.07, 6.45) is 0. The lowest BCUT2D eigenvalue weighted by Crippen LogP contribution is -2.49. The molecule has 1 heterocycles. The van der Waals surface area contributed by atoms with E-state index < -0.39 is 18.8 Å². The highest BCUT2D eigenvalue weighted by atomic mass is 35.5. The number of hydrogen-bond donors (Lipinski definition) is 0. The van der Waals surface area contributed by atoms with Gasteiger partial charge in [0, 0.05) is 29.1 Å². The largest absolute Gasteiger partial charge is 0.498 e. The molecule has 0 saturated carbocycles. The molecule has 0 aliphatic carbocycles. The summed E-state index contributed by atoms with van der Waals surface area (Å²) in [5.74, 6) is -1.97. The van der Waals surface area contributed by atoms with E-state index in [1.807, 2.05) is 13.8 Å². The van der Waals surface area contributed by atoms with Crippen LogP contribution in [0.15, 0.2) is 12.1 Å². The molecule has 17 heavy (non-hydrogen) atoms. The highest BCUT2D eigenvalue weighted by Gasteiger charge is 2.37. The molecule has 1 aliphatic heterocycles. The molecule has 1 fully saturated rings. The molecule has 2 rings (SSSR count). The molecule has 0 aromatic heterocycles. The minimum atomic E-state index is -1.01. The smallest absolute Gasteiger partial charge is 0.407 e. The Kier molecular flexibility index (Phi) is 3.43. The van der Waals surface area contributed by atoms with Gasteiger partial charge in [-0.2, -0.15) is 0 Å². The molecule has 1 aromatic carbocycles. The van der Waals surface area contributed by atoms with Crippen molar-refractivity contribution in [3.8, 4) is 0 Å². The monoisotopic (exact) mass is 260 g/mol. The first-order valence-corrected chi connectivity index (χ1v) is 5.65. The quantitative estimate of drug-likeness (QED) is 0.570. The van der Waals surface area contributed by atoms with Crippen LogP contribution >= 0.6 is 11.6 Å². The molecule has 1 saturated heterocycles. The van der Waals surface area contributed by atoms with E-state index in [4.69, 9.17) is 20.9 Å². The number of benzene rings is 1. The van der Waals surface area contributed by atoms with Gasteiger partial charge in [0.25, 0.3) is 0 Å². The average molecular weight is 260 g/mol. The van der Waals surface area contributed by atoms with Crippen molar-refractivity contribution in [3.63, 3.8) is 0 Å². The van der Waals surface area contributed by atoms with Crippen LogP contribution in [0.25, 0.3) is 0 Å². The van der Waals surface area contributed by atoms with E-state index in [1.54, 1.807) is 0 Å². The van der Waals surface area contributed by atoms with E-state index in [2.05, 4.69) is 0 Å². The molecule has 0 unspecified atom stereocenters. The van der Waals surface area contributed by atoms with Gasteiger partial charge in [-0.1, -0.05) is 25.4 Å². The third-order valence-corrected chi connectivity index (χ3v) is 2.90. The molecule has 0 N–H and O–H groups in total. The third-order valence-electron chi connectivity index (χ3n) is 2.57. The van der Waals surface area contributed by atoms with Gasteiger partial charge in [0.05, 0.1) is 0 Å². The van der Waals surface area contributed by atoms with E-state index in [-0.39, 0.29) is 15.9 Å². The van der Waals surface area contributed by atoms with Gasteiger partial charge >= 0.3 is 7.12 Å². The molecule has 0 amide bonds. The van der Waals surface area contributed by atoms with Crippen molar-refractivity contribution >= 4 is 24.2 Å². The van der Waals surface area contributed by atoms with E-state index in [0.717, 1.165) is 6.07 Å². The Labute approximate surface area is 104 Å². The summed E-state index contributed by atoms with van der Waals surface area (Å²) in [7, 11) is -0.939. The van der Waals surface area contributed by atoms with Crippen LogP contribution in [0.1, 0.15) is 13.8 Å². The van der Waals surface area contributed by atoms with Gasteiger partial charge < -0.3 is 9.31 Å². The normalized spacial score (nSPS) is 19.5. The molecular weight excluding hydrogens is 248 g/mol. The van der Waals surface area contributed by atoms with E-state index in [1.165, 1.54) is 6.07 Å². The Hall–Kier alpha value is -0.645. The van der Waals surface area contributed by atoms with Crippen LogP contribution < -0.4 is 5.46 Å². The topological polar surface area (TPSA) is 18.5 Å². The van der Waals surface area contributed by atoms with Crippen molar-refractivity contribution in [1.29, 1.82) is 0 Å². The Morgan fingerprint density at radius 3 is 2.41 bits per heavy atom. The fraction of sp³-hybridized carbons (Fsp3) is 0.455. The summed E-state index contributed by atoms with van der Waals surface area (Å²) >= 11 is 5.84. The van der Waals surface area contributed by atoms with E-state index in [0.29, 0.717) is 13.2 Å². The maximum absolute atomic E-state index is 13.6. The molecular formula is C11H12BClF2O2. The van der Waals surface area contributed by atoms with Crippen LogP contribution in [0, 0.1) is 17.0 Å². The van der Waals surface area contributed by atoms with Crippen LogP contribution in [-0.2, 0) is 9.31 Å². The van der Waals surface area contributed by atoms with Gasteiger partial charge in [-0.05, 0) is 12.1 Å². The van der Waals surface area contributed by atoms with Crippen molar-refractivity contribution < 1.29 is 18.1 Å². The second-order valence-electron chi connectivity index (χ2n) is 4.88. The summed E-state index contributed by atoms with van der Waals surface area (Å²) in [4.78, 5) is 0. The number of hydrogen-bond acceptors (Lipinski definition) is 2. The molecule has 2 nitrogen and oxygen atoms in total. The van der Waals surface area contributed by atoms with Gasteiger partial charge in [-0.3, -0.25) is 0 Å². The van der Waals surface area contributed by atoms with Crippen molar-refractivity contribution in [1.82, 2.24) is 0 Å². The summed E-state index contributed by atoms with van der Waals surface area (Å²) < 4.78 is 37.5. The lowest BCUT2D eigenvalue weighted by Gasteiger charge is -2.33. The zero-order valence-electron chi connectivity index (χ0n) is 9.60. The molecule has 0 radical (unpaired) electrons. The first-order valence-electron chi connectivity index (χ1n) is 5.27. The minimum absolute atomic E-state index is 0.0674. The summed E-state index contributed by atoms with van der Waals surface area (Å²) in [5.41, 5.74) is -0.200. The van der Waals surface area contributed by atoms with Gasteiger partial charge in [0.1, 0.15) is 0 Å². The van der Waals surface area contributed by atoms with Crippen molar-refractivity contribution in [2.24, 2.45) is 5.41 Å². The Morgan fingerprint density at radius 2 is 1.82 bits per heavy atom. The Morgan fingerprint density at radius 1 is 1.24 bits per heavy atom. The maximum atomic E-state index is 13.6. The predicted octanol–water partition coefficient (Wildman–Crippen LogP) is 2.39. The average Bonchev–Trinajstić information content (AvgIpc) is 2.26. The zero-order valence-corrected chi connectivity index (χ0v) is 10.4. The Balaban J connectivity index is 2.27. The van der Waals surface area contributed by atoms with Crippen LogP contribution in [0.4, 0.5) is 8.78 Å². The predicted molar refractivity (Wildman–Crippen MR) is 62.4 cm³/mol. The Bertz CT molecular complexity index is 430. The number of halogens is 3. The molecule has 0 bridgehead atoms. The lowest BCUT2D eigenvalue weighted by molar-refractivity contribution is 0.0340. The second kappa shape index (κ2) is 4.56. The fourth-order valence-corrected chi connectivity index (χ4v) is 1.85.